The fourth-order valence-corrected chi connectivity index (χ4v) is 2.02. The van der Waals surface area contributed by atoms with Crippen LogP contribution >= 0.6 is 0 Å². The van der Waals surface area contributed by atoms with Gasteiger partial charge >= 0.3 is 0 Å². The normalized spacial score (nSPS) is 9.82. The Morgan fingerprint density at radius 3 is 2.73 bits per heavy atom. The molecule has 0 aliphatic heterocycles. The van der Waals surface area contributed by atoms with Crippen LogP contribution in [0.25, 0.3) is 0 Å². The molecule has 0 atom stereocenters. The molecule has 6 heteroatoms. The van der Waals surface area contributed by atoms with Crippen molar-refractivity contribution in [2.24, 2.45) is 0 Å². The van der Waals surface area contributed by atoms with Gasteiger partial charge in [-0.1, -0.05) is 17.7 Å². The van der Waals surface area contributed by atoms with Gasteiger partial charge in [-0.15, -0.1) is 0 Å². The minimum Gasteiger partial charge on any atom is -0.348 e. The first-order valence-corrected chi connectivity index (χ1v) is 6.53. The molecule has 1 amide bonds. The second-order valence-corrected chi connectivity index (χ2v) is 4.76. The van der Waals surface area contributed by atoms with Crippen molar-refractivity contribution in [2.75, 3.05) is 0 Å². The van der Waals surface area contributed by atoms with Crippen molar-refractivity contribution >= 4 is 11.6 Å². The largest absolute Gasteiger partial charge is 0.348 e. The summed E-state index contributed by atoms with van der Waals surface area (Å²) in [5.41, 5.74) is 1.84. The first kappa shape index (κ1) is 15.2. The van der Waals surface area contributed by atoms with Crippen molar-refractivity contribution in [3.63, 3.8) is 0 Å². The van der Waals surface area contributed by atoms with E-state index in [2.05, 4.69) is 5.32 Å². The monoisotopic (exact) mass is 295 g/mol. The minimum atomic E-state index is -0.561. The van der Waals surface area contributed by atoms with Crippen molar-refractivity contribution < 1.29 is 9.72 Å². The van der Waals surface area contributed by atoms with Gasteiger partial charge < -0.3 is 5.32 Å². The van der Waals surface area contributed by atoms with Gasteiger partial charge in [0.05, 0.1) is 16.6 Å². The number of hydrogen-bond donors (Lipinski definition) is 1. The van der Waals surface area contributed by atoms with Gasteiger partial charge in [0.1, 0.15) is 0 Å². The van der Waals surface area contributed by atoms with Gasteiger partial charge in [-0.2, -0.15) is 5.26 Å². The molecule has 0 saturated heterocycles. The fraction of sp³-hybridized carbons (Fsp3) is 0.125. The van der Waals surface area contributed by atoms with E-state index >= 15 is 0 Å². The number of hydrogen-bond acceptors (Lipinski definition) is 4. The molecule has 6 nitrogen and oxygen atoms in total. The molecule has 0 aromatic heterocycles. The summed E-state index contributed by atoms with van der Waals surface area (Å²) in [6.45, 7) is 1.90. The third-order valence-corrected chi connectivity index (χ3v) is 3.13. The zero-order chi connectivity index (χ0) is 16.1. The molecule has 0 spiro atoms. The Labute approximate surface area is 127 Å². The molecule has 0 fully saturated rings. The number of nitro benzene ring substituents is 1. The van der Waals surface area contributed by atoms with Crippen LogP contribution in [0.2, 0.25) is 0 Å². The van der Waals surface area contributed by atoms with Crippen LogP contribution in [0.3, 0.4) is 0 Å². The van der Waals surface area contributed by atoms with Gasteiger partial charge in [0.15, 0.2) is 0 Å². The Hall–Kier alpha value is -3.20. The Kier molecular flexibility index (Phi) is 4.49. The highest BCUT2D eigenvalue weighted by molar-refractivity contribution is 5.94. The van der Waals surface area contributed by atoms with Gasteiger partial charge in [0.2, 0.25) is 0 Å². The van der Waals surface area contributed by atoms with Gasteiger partial charge in [-0.25, -0.2) is 0 Å². The third kappa shape index (κ3) is 3.46. The number of carbonyl (C=O) groups excluding carboxylic acids is 1. The highest BCUT2D eigenvalue weighted by atomic mass is 16.6. The van der Waals surface area contributed by atoms with E-state index in [9.17, 15) is 14.9 Å². The van der Waals surface area contributed by atoms with Crippen molar-refractivity contribution in [3.05, 3.63) is 74.8 Å². The molecule has 0 radical (unpaired) electrons. The maximum Gasteiger partial charge on any atom is 0.275 e. The molecule has 0 saturated carbocycles. The van der Waals surface area contributed by atoms with Crippen LogP contribution in [0.1, 0.15) is 27.0 Å². The maximum absolute atomic E-state index is 12.0. The number of carbonyl (C=O) groups is 1. The molecular formula is C16H13N3O3. The fourth-order valence-electron chi connectivity index (χ4n) is 2.02. The zero-order valence-electron chi connectivity index (χ0n) is 11.9. The van der Waals surface area contributed by atoms with E-state index in [1.54, 1.807) is 18.2 Å². The molecule has 0 aliphatic rings. The predicted molar refractivity (Wildman–Crippen MR) is 80.2 cm³/mol. The number of aryl methyl sites for hydroxylation is 1. The lowest BCUT2D eigenvalue weighted by Gasteiger charge is -2.07. The van der Waals surface area contributed by atoms with Gasteiger partial charge in [0.25, 0.3) is 11.6 Å². The summed E-state index contributed by atoms with van der Waals surface area (Å²) in [6, 6.07) is 13.1. The molecule has 2 aromatic rings. The summed E-state index contributed by atoms with van der Waals surface area (Å²) in [5.74, 6) is -0.303. The lowest BCUT2D eigenvalue weighted by atomic mass is 10.1. The van der Waals surface area contributed by atoms with E-state index in [0.29, 0.717) is 11.1 Å². The summed E-state index contributed by atoms with van der Waals surface area (Å²) in [5, 5.41) is 22.5. The van der Waals surface area contributed by atoms with Crippen molar-refractivity contribution in [1.29, 1.82) is 5.26 Å². The SMILES string of the molecule is Cc1cccc(C(=O)NCc2ccc(C#N)cc2[N+](=O)[O-])c1. The molecular weight excluding hydrogens is 282 g/mol. The molecule has 22 heavy (non-hydrogen) atoms. The summed E-state index contributed by atoms with van der Waals surface area (Å²) >= 11 is 0. The number of rotatable bonds is 4. The van der Waals surface area contributed by atoms with E-state index in [1.807, 2.05) is 19.1 Å². The van der Waals surface area contributed by atoms with Crippen molar-refractivity contribution in [3.8, 4) is 6.07 Å². The average molecular weight is 295 g/mol. The smallest absolute Gasteiger partial charge is 0.275 e. The first-order valence-electron chi connectivity index (χ1n) is 6.53. The van der Waals surface area contributed by atoms with Crippen LogP contribution in [0.4, 0.5) is 5.69 Å². The molecule has 0 unspecified atom stereocenters. The average Bonchev–Trinajstić information content (AvgIpc) is 2.52. The quantitative estimate of drug-likeness (QED) is 0.692. The number of nitrogens with one attached hydrogen (secondary N) is 1. The highest BCUT2D eigenvalue weighted by Gasteiger charge is 2.15. The first-order chi connectivity index (χ1) is 10.5. The molecule has 0 aliphatic carbocycles. The van der Waals surface area contributed by atoms with E-state index in [0.717, 1.165) is 5.56 Å². The van der Waals surface area contributed by atoms with E-state index < -0.39 is 4.92 Å². The number of nitro groups is 1. The molecule has 2 aromatic carbocycles. The summed E-state index contributed by atoms with van der Waals surface area (Å²) in [7, 11) is 0. The second-order valence-electron chi connectivity index (χ2n) is 4.76. The molecule has 110 valence electrons. The standard InChI is InChI=1S/C16H13N3O3/c1-11-3-2-4-13(7-11)16(20)18-10-14-6-5-12(9-17)8-15(14)19(21)22/h2-8H,10H2,1H3,(H,18,20). The third-order valence-electron chi connectivity index (χ3n) is 3.13. The lowest BCUT2D eigenvalue weighted by Crippen LogP contribution is -2.23. The summed E-state index contributed by atoms with van der Waals surface area (Å²) < 4.78 is 0. The number of nitriles is 1. The molecule has 1 N–H and O–H groups in total. The highest BCUT2D eigenvalue weighted by Crippen LogP contribution is 2.20. The van der Waals surface area contributed by atoms with Gasteiger partial charge in [-0.3, -0.25) is 14.9 Å². The van der Waals surface area contributed by atoms with Crippen LogP contribution < -0.4 is 5.32 Å². The van der Waals surface area contributed by atoms with Crippen LogP contribution in [-0.4, -0.2) is 10.8 Å². The van der Waals surface area contributed by atoms with E-state index in [4.69, 9.17) is 5.26 Å². The van der Waals surface area contributed by atoms with Gasteiger partial charge in [0, 0.05) is 23.7 Å². The maximum atomic E-state index is 12.0. The Morgan fingerprint density at radius 2 is 2.09 bits per heavy atom. The van der Waals surface area contributed by atoms with Crippen LogP contribution in [-0.2, 0) is 6.54 Å². The molecule has 0 heterocycles. The van der Waals surface area contributed by atoms with Crippen LogP contribution in [0.15, 0.2) is 42.5 Å². The number of benzene rings is 2. The Morgan fingerprint density at radius 1 is 1.32 bits per heavy atom. The van der Waals surface area contributed by atoms with Crippen LogP contribution in [0, 0.1) is 28.4 Å². The van der Waals surface area contributed by atoms with Crippen molar-refractivity contribution in [1.82, 2.24) is 5.32 Å². The second kappa shape index (κ2) is 6.50. The van der Waals surface area contributed by atoms with Crippen LogP contribution in [0.5, 0.6) is 0 Å². The number of amides is 1. The Balaban J connectivity index is 2.16. The predicted octanol–water partition coefficient (Wildman–Crippen LogP) is 2.70. The zero-order valence-corrected chi connectivity index (χ0v) is 11.9. The lowest BCUT2D eigenvalue weighted by molar-refractivity contribution is -0.385. The summed E-state index contributed by atoms with van der Waals surface area (Å²) in [6.07, 6.45) is 0. The van der Waals surface area contributed by atoms with E-state index in [-0.39, 0.29) is 23.7 Å². The topological polar surface area (TPSA) is 96.0 Å². The van der Waals surface area contributed by atoms with E-state index in [1.165, 1.54) is 18.2 Å². The Bertz CT molecular complexity index is 778. The van der Waals surface area contributed by atoms with Gasteiger partial charge in [-0.05, 0) is 31.2 Å². The van der Waals surface area contributed by atoms with Crippen molar-refractivity contribution in [2.45, 2.75) is 13.5 Å². The number of nitrogens with zero attached hydrogens (tertiary/aromatic N) is 2. The molecule has 2 rings (SSSR count). The minimum absolute atomic E-state index is 0.0226. The summed E-state index contributed by atoms with van der Waals surface area (Å²) in [4.78, 5) is 22.5. The molecule has 0 bridgehead atoms.